The molecule has 0 amide bonds. The molecule has 4 nitrogen and oxygen atoms in total. The Labute approximate surface area is 104 Å². The van der Waals surface area contributed by atoms with E-state index in [-0.39, 0.29) is 0 Å². The van der Waals surface area contributed by atoms with Crippen molar-refractivity contribution in [1.82, 2.24) is 0 Å². The Morgan fingerprint density at radius 1 is 1.00 bits per heavy atom. The third kappa shape index (κ3) is 3.30. The van der Waals surface area contributed by atoms with Crippen LogP contribution in [0, 0.1) is 29.1 Å². The molecule has 1 aromatic rings. The van der Waals surface area contributed by atoms with E-state index in [2.05, 4.69) is 4.74 Å². The maximum atomic E-state index is 13.2. The first-order chi connectivity index (χ1) is 8.57. The Balaban J connectivity index is 3.07. The number of hydrogen-bond acceptors (Lipinski definition) is 2. The van der Waals surface area contributed by atoms with Crippen LogP contribution >= 0.6 is 7.60 Å². The topological polar surface area (TPSA) is 66.8 Å². The lowest BCUT2D eigenvalue weighted by Gasteiger charge is -2.15. The third-order valence-corrected chi connectivity index (χ3v) is 3.34. The average molecular weight is 306 g/mol. The molecule has 0 saturated heterocycles. The van der Waals surface area contributed by atoms with Crippen molar-refractivity contribution in [3.63, 3.8) is 0 Å². The van der Waals surface area contributed by atoms with Gasteiger partial charge in [0.25, 0.3) is 0 Å². The van der Waals surface area contributed by atoms with E-state index in [4.69, 9.17) is 9.79 Å². The van der Waals surface area contributed by atoms with Gasteiger partial charge in [0.05, 0.1) is 12.2 Å². The lowest BCUT2D eigenvalue weighted by atomic mass is 10.2. The Hall–Kier alpha value is -1.02. The van der Waals surface area contributed by atoms with Gasteiger partial charge in [-0.15, -0.1) is 0 Å². The Kier molecular flexibility index (Phi) is 4.67. The van der Waals surface area contributed by atoms with Gasteiger partial charge in [-0.3, -0.25) is 4.57 Å². The fourth-order valence-electron chi connectivity index (χ4n) is 1.08. The van der Waals surface area contributed by atoms with Crippen LogP contribution < -0.4 is 0 Å². The average Bonchev–Trinajstić information content (AvgIpc) is 2.32. The van der Waals surface area contributed by atoms with Crippen molar-refractivity contribution in [2.24, 2.45) is 0 Å². The highest BCUT2D eigenvalue weighted by molar-refractivity contribution is 7.52. The van der Waals surface area contributed by atoms with Crippen molar-refractivity contribution in [2.45, 2.75) is 19.4 Å². The molecule has 0 bridgehead atoms. The third-order valence-electron chi connectivity index (χ3n) is 2.24. The molecule has 0 aliphatic carbocycles. The first kappa shape index (κ1) is 16.0. The van der Waals surface area contributed by atoms with Crippen LogP contribution in [0.3, 0.4) is 0 Å². The molecule has 10 heteroatoms. The van der Waals surface area contributed by atoms with E-state index in [1.807, 2.05) is 0 Å². The van der Waals surface area contributed by atoms with E-state index < -0.39 is 54.7 Å². The molecule has 1 rings (SSSR count). The van der Waals surface area contributed by atoms with Gasteiger partial charge in [-0.1, -0.05) is 0 Å². The molecule has 0 spiro atoms. The summed E-state index contributed by atoms with van der Waals surface area (Å²) in [6.07, 6.45) is 0. The van der Waals surface area contributed by atoms with Crippen LogP contribution in [0.25, 0.3) is 0 Å². The van der Waals surface area contributed by atoms with Crippen LogP contribution in [0.2, 0.25) is 0 Å². The van der Waals surface area contributed by atoms with Crippen LogP contribution in [-0.4, -0.2) is 15.6 Å². The Morgan fingerprint density at radius 2 is 1.37 bits per heavy atom. The minimum atomic E-state index is -4.69. The van der Waals surface area contributed by atoms with Crippen LogP contribution in [0.4, 0.5) is 22.0 Å². The smallest absolute Gasteiger partial charge is 0.353 e. The van der Waals surface area contributed by atoms with Crippen molar-refractivity contribution < 1.29 is 41.0 Å². The molecular weight excluding hydrogens is 298 g/mol. The molecule has 0 aliphatic heterocycles. The van der Waals surface area contributed by atoms with Crippen molar-refractivity contribution in [3.8, 4) is 0 Å². The first-order valence-electron chi connectivity index (χ1n) is 4.74. The van der Waals surface area contributed by atoms with Crippen LogP contribution in [-0.2, 0) is 15.9 Å². The summed E-state index contributed by atoms with van der Waals surface area (Å²) in [6, 6.07) is 0. The number of halogens is 5. The van der Waals surface area contributed by atoms with Gasteiger partial charge in [-0.2, -0.15) is 0 Å². The van der Waals surface area contributed by atoms with Gasteiger partial charge in [0.2, 0.25) is 5.82 Å². The number of ether oxygens (including phenoxy) is 1. The fraction of sp³-hybridized carbons (Fsp3) is 0.333. The summed E-state index contributed by atoms with van der Waals surface area (Å²) in [5.74, 6) is -12.6. The molecule has 0 heterocycles. The highest BCUT2D eigenvalue weighted by atomic mass is 31.2. The summed E-state index contributed by atoms with van der Waals surface area (Å²) in [6.45, 7) is -0.273. The largest absolute Gasteiger partial charge is 0.361 e. The molecule has 0 saturated carbocycles. The monoisotopic (exact) mass is 306 g/mol. The van der Waals surface area contributed by atoms with Crippen LogP contribution in [0.1, 0.15) is 12.5 Å². The second-order valence-electron chi connectivity index (χ2n) is 3.55. The van der Waals surface area contributed by atoms with Gasteiger partial charge < -0.3 is 14.5 Å². The van der Waals surface area contributed by atoms with Crippen molar-refractivity contribution in [2.75, 3.05) is 0 Å². The predicted molar refractivity (Wildman–Crippen MR) is 52.5 cm³/mol. The lowest BCUT2D eigenvalue weighted by Crippen LogP contribution is -2.13. The quantitative estimate of drug-likeness (QED) is 0.388. The van der Waals surface area contributed by atoms with Crippen molar-refractivity contribution in [3.05, 3.63) is 34.6 Å². The molecule has 1 atom stereocenters. The summed E-state index contributed by atoms with van der Waals surface area (Å²) in [5, 5.41) is 0. The second-order valence-corrected chi connectivity index (χ2v) is 5.45. The number of benzene rings is 1. The summed E-state index contributed by atoms with van der Waals surface area (Å²) >= 11 is 0. The predicted octanol–water partition coefficient (Wildman–Crippen LogP) is 2.42. The first-order valence-corrected chi connectivity index (χ1v) is 6.42. The molecule has 1 aromatic carbocycles. The summed E-state index contributed by atoms with van der Waals surface area (Å²) in [5.41, 5.74) is -1.29. The van der Waals surface area contributed by atoms with Crippen LogP contribution in [0.15, 0.2) is 0 Å². The molecular formula is C9H8F5O4P. The second kappa shape index (κ2) is 5.54. The van der Waals surface area contributed by atoms with Crippen LogP contribution in [0.5, 0.6) is 0 Å². The molecule has 0 fully saturated rings. The Bertz CT molecular complexity index is 515. The molecule has 1 unspecified atom stereocenters. The normalized spacial score (nSPS) is 13.7. The minimum Gasteiger partial charge on any atom is -0.361 e. The van der Waals surface area contributed by atoms with E-state index in [0.717, 1.165) is 6.92 Å². The standard InChI is InChI=1S/C9H8F5O4P/c1-3(19(15,16)17)18-2-4-5(10)7(12)9(14)8(13)6(4)11/h3H,2H2,1H3,(H2,15,16,17). The van der Waals surface area contributed by atoms with Gasteiger partial charge in [-0.25, -0.2) is 22.0 Å². The fourth-order valence-corrected chi connectivity index (χ4v) is 1.35. The van der Waals surface area contributed by atoms with Crippen molar-refractivity contribution in [1.29, 1.82) is 0 Å². The molecule has 2 N–H and O–H groups in total. The lowest BCUT2D eigenvalue weighted by molar-refractivity contribution is 0.0793. The van der Waals surface area contributed by atoms with E-state index in [1.165, 1.54) is 0 Å². The Morgan fingerprint density at radius 3 is 1.74 bits per heavy atom. The zero-order valence-electron chi connectivity index (χ0n) is 9.33. The molecule has 0 radical (unpaired) electrons. The van der Waals surface area contributed by atoms with E-state index >= 15 is 0 Å². The van der Waals surface area contributed by atoms with Gasteiger partial charge >= 0.3 is 7.60 Å². The SMILES string of the molecule is CC(OCc1c(F)c(F)c(F)c(F)c1F)P(=O)(O)O. The van der Waals surface area contributed by atoms with E-state index in [0.29, 0.717) is 0 Å². The van der Waals surface area contributed by atoms with E-state index in [9.17, 15) is 26.5 Å². The zero-order valence-corrected chi connectivity index (χ0v) is 10.2. The molecule has 0 aromatic heterocycles. The van der Waals surface area contributed by atoms with Gasteiger partial charge in [0, 0.05) is 0 Å². The summed E-state index contributed by atoms with van der Waals surface area (Å²) < 4.78 is 79.7. The minimum absolute atomic E-state index is 0.896. The van der Waals surface area contributed by atoms with Gasteiger partial charge in [0.1, 0.15) is 0 Å². The highest BCUT2D eigenvalue weighted by Gasteiger charge is 2.29. The molecule has 0 aliphatic rings. The highest BCUT2D eigenvalue weighted by Crippen LogP contribution is 2.41. The maximum Gasteiger partial charge on any atom is 0.353 e. The van der Waals surface area contributed by atoms with Gasteiger partial charge in [0.15, 0.2) is 29.1 Å². The molecule has 108 valence electrons. The molecule has 19 heavy (non-hydrogen) atoms. The van der Waals surface area contributed by atoms with E-state index in [1.54, 1.807) is 0 Å². The van der Waals surface area contributed by atoms with Crippen molar-refractivity contribution >= 4 is 7.60 Å². The summed E-state index contributed by atoms with van der Waals surface area (Å²) in [7, 11) is -4.69. The van der Waals surface area contributed by atoms with Gasteiger partial charge in [-0.05, 0) is 6.92 Å². The number of rotatable bonds is 4. The number of hydrogen-bond donors (Lipinski definition) is 2. The maximum absolute atomic E-state index is 13.2. The summed E-state index contributed by atoms with van der Waals surface area (Å²) in [4.78, 5) is 17.3. The zero-order chi connectivity index (χ0) is 15.0.